The zero-order valence-electron chi connectivity index (χ0n) is 5.90. The fraction of sp³-hybridized carbons (Fsp3) is 0.250. The number of alkyl halides is 4. The zero-order valence-corrected chi connectivity index (χ0v) is 5.90. The van der Waals surface area contributed by atoms with Crippen molar-refractivity contribution in [1.29, 1.82) is 0 Å². The van der Waals surface area contributed by atoms with Crippen molar-refractivity contribution in [3.63, 3.8) is 0 Å². The van der Waals surface area contributed by atoms with E-state index in [-0.39, 0.29) is 0 Å². The van der Waals surface area contributed by atoms with Crippen molar-refractivity contribution in [3.05, 3.63) is 35.9 Å². The lowest BCUT2D eigenvalue weighted by atomic mass is 10.1. The summed E-state index contributed by atoms with van der Waals surface area (Å²) in [7, 11) is 0. The third kappa shape index (κ3) is 1.57. The van der Waals surface area contributed by atoms with Gasteiger partial charge in [0, 0.05) is 5.56 Å². The van der Waals surface area contributed by atoms with E-state index in [2.05, 4.69) is 6.07 Å². The lowest BCUT2D eigenvalue weighted by molar-refractivity contribution is -0.135. The summed E-state index contributed by atoms with van der Waals surface area (Å²) in [5, 5.41) is 0. The molecule has 0 amide bonds. The summed E-state index contributed by atoms with van der Waals surface area (Å²) in [4.78, 5) is 0. The van der Waals surface area contributed by atoms with E-state index in [0.717, 1.165) is 12.1 Å². The van der Waals surface area contributed by atoms with Gasteiger partial charge < -0.3 is 0 Å². The van der Waals surface area contributed by atoms with Gasteiger partial charge in [-0.15, -0.1) is 0 Å². The van der Waals surface area contributed by atoms with E-state index < -0.39 is 17.9 Å². The molecule has 0 aliphatic rings. The Kier molecular flexibility index (Phi) is 2.35. The van der Waals surface area contributed by atoms with Crippen LogP contribution in [0.25, 0.3) is 0 Å². The smallest absolute Gasteiger partial charge is 0.203 e. The minimum Gasteiger partial charge on any atom is -0.203 e. The Morgan fingerprint density at radius 1 is 1.17 bits per heavy atom. The fourth-order valence-electron chi connectivity index (χ4n) is 0.735. The van der Waals surface area contributed by atoms with Gasteiger partial charge in [-0.25, -0.2) is 8.78 Å². The SMILES string of the molecule is FC(F)C(F)(F)c1cc[c]cc1. The molecule has 0 unspecified atom stereocenters. The molecule has 1 aromatic rings. The first-order chi connectivity index (χ1) is 5.55. The van der Waals surface area contributed by atoms with Crippen LogP contribution in [0, 0.1) is 6.07 Å². The summed E-state index contributed by atoms with van der Waals surface area (Å²) < 4.78 is 48.5. The number of hydrogen-bond acceptors (Lipinski definition) is 0. The van der Waals surface area contributed by atoms with Gasteiger partial charge in [-0.1, -0.05) is 24.3 Å². The molecular weight excluding hydrogens is 172 g/mol. The third-order valence-corrected chi connectivity index (χ3v) is 1.38. The van der Waals surface area contributed by atoms with Crippen molar-refractivity contribution >= 4 is 0 Å². The summed E-state index contributed by atoms with van der Waals surface area (Å²) >= 11 is 0. The maximum atomic E-state index is 12.5. The Hall–Kier alpha value is -1.06. The molecule has 0 bridgehead atoms. The summed E-state index contributed by atoms with van der Waals surface area (Å²) in [6.07, 6.45) is -3.67. The first-order valence-electron chi connectivity index (χ1n) is 3.17. The summed E-state index contributed by atoms with van der Waals surface area (Å²) in [5.74, 6) is -4.06. The third-order valence-electron chi connectivity index (χ3n) is 1.38. The number of rotatable bonds is 2. The van der Waals surface area contributed by atoms with Crippen LogP contribution >= 0.6 is 0 Å². The molecule has 0 heterocycles. The van der Waals surface area contributed by atoms with Gasteiger partial charge in [-0.05, 0) is 6.07 Å². The van der Waals surface area contributed by atoms with Crippen LogP contribution in [0.5, 0.6) is 0 Å². The quantitative estimate of drug-likeness (QED) is 0.609. The Balaban J connectivity index is 2.98. The predicted molar refractivity (Wildman–Crippen MR) is 35.2 cm³/mol. The van der Waals surface area contributed by atoms with Crippen molar-refractivity contribution in [2.45, 2.75) is 12.3 Å². The molecule has 0 fully saturated rings. The lowest BCUT2D eigenvalue weighted by Gasteiger charge is -2.14. The highest BCUT2D eigenvalue weighted by Gasteiger charge is 2.42. The van der Waals surface area contributed by atoms with E-state index in [0.29, 0.717) is 0 Å². The summed E-state index contributed by atoms with van der Waals surface area (Å²) in [6, 6.07) is 6.66. The van der Waals surface area contributed by atoms with Crippen LogP contribution in [0.3, 0.4) is 0 Å². The molecule has 0 aliphatic heterocycles. The highest BCUT2D eigenvalue weighted by atomic mass is 19.3. The van der Waals surface area contributed by atoms with Crippen LogP contribution in [0.1, 0.15) is 5.56 Å². The zero-order chi connectivity index (χ0) is 9.19. The van der Waals surface area contributed by atoms with Crippen molar-refractivity contribution in [2.24, 2.45) is 0 Å². The fourth-order valence-corrected chi connectivity index (χ4v) is 0.735. The predicted octanol–water partition coefficient (Wildman–Crippen LogP) is 2.84. The molecule has 0 spiro atoms. The maximum absolute atomic E-state index is 12.5. The molecule has 0 nitrogen and oxygen atoms in total. The number of halogens is 4. The highest BCUT2D eigenvalue weighted by molar-refractivity contribution is 5.19. The summed E-state index contributed by atoms with van der Waals surface area (Å²) in [6.45, 7) is 0. The molecule has 0 aromatic heterocycles. The number of hydrogen-bond donors (Lipinski definition) is 0. The maximum Gasteiger partial charge on any atom is 0.332 e. The second-order valence-corrected chi connectivity index (χ2v) is 2.21. The second-order valence-electron chi connectivity index (χ2n) is 2.21. The van der Waals surface area contributed by atoms with E-state index in [1.54, 1.807) is 0 Å². The van der Waals surface area contributed by atoms with E-state index >= 15 is 0 Å². The average molecular weight is 177 g/mol. The van der Waals surface area contributed by atoms with Gasteiger partial charge >= 0.3 is 12.3 Å². The van der Waals surface area contributed by atoms with Crippen molar-refractivity contribution in [3.8, 4) is 0 Å². The molecule has 1 radical (unpaired) electrons. The minimum absolute atomic E-state index is 0.684. The number of benzene rings is 1. The van der Waals surface area contributed by atoms with E-state index in [1.165, 1.54) is 12.1 Å². The van der Waals surface area contributed by atoms with Gasteiger partial charge in [0.05, 0.1) is 0 Å². The monoisotopic (exact) mass is 177 g/mol. The van der Waals surface area contributed by atoms with E-state index in [1.807, 2.05) is 0 Å². The first-order valence-corrected chi connectivity index (χ1v) is 3.17. The van der Waals surface area contributed by atoms with Crippen LogP contribution in [-0.2, 0) is 5.92 Å². The molecule has 0 saturated carbocycles. The van der Waals surface area contributed by atoms with Crippen LogP contribution in [-0.4, -0.2) is 6.43 Å². The van der Waals surface area contributed by atoms with Gasteiger partial charge in [-0.3, -0.25) is 0 Å². The first kappa shape index (κ1) is 9.03. The van der Waals surface area contributed by atoms with E-state index in [4.69, 9.17) is 0 Å². The van der Waals surface area contributed by atoms with Crippen molar-refractivity contribution in [2.75, 3.05) is 0 Å². The molecule has 0 saturated heterocycles. The normalized spacial score (nSPS) is 12.1. The topological polar surface area (TPSA) is 0 Å². The molecule has 0 N–H and O–H groups in total. The Morgan fingerprint density at radius 3 is 2.08 bits per heavy atom. The molecule has 4 heteroatoms. The van der Waals surface area contributed by atoms with Gasteiger partial charge in [0.2, 0.25) is 0 Å². The molecule has 0 aliphatic carbocycles. The Morgan fingerprint density at radius 2 is 1.67 bits per heavy atom. The van der Waals surface area contributed by atoms with Gasteiger partial charge in [0.25, 0.3) is 0 Å². The molecule has 1 aromatic carbocycles. The molecule has 65 valence electrons. The van der Waals surface area contributed by atoms with Crippen LogP contribution in [0.15, 0.2) is 24.3 Å². The Bertz CT molecular complexity index is 242. The molecule has 12 heavy (non-hydrogen) atoms. The standard InChI is InChI=1S/C8H5F4/c9-7(10)8(11,12)6-4-2-1-3-5-6/h2-5,7H. The Labute approximate surface area is 66.8 Å². The second kappa shape index (κ2) is 3.13. The molecule has 0 atom stereocenters. The van der Waals surface area contributed by atoms with Crippen molar-refractivity contribution in [1.82, 2.24) is 0 Å². The minimum atomic E-state index is -4.06. The van der Waals surface area contributed by atoms with Gasteiger partial charge in [-0.2, -0.15) is 8.78 Å². The van der Waals surface area contributed by atoms with Crippen LogP contribution in [0.4, 0.5) is 17.6 Å². The van der Waals surface area contributed by atoms with Gasteiger partial charge in [0.1, 0.15) is 0 Å². The summed E-state index contributed by atoms with van der Waals surface area (Å²) in [5.41, 5.74) is -0.684. The van der Waals surface area contributed by atoms with Gasteiger partial charge in [0.15, 0.2) is 0 Å². The van der Waals surface area contributed by atoms with Crippen LogP contribution < -0.4 is 0 Å². The molecular formula is C8H5F4. The molecule has 1 rings (SSSR count). The van der Waals surface area contributed by atoms with Crippen LogP contribution in [0.2, 0.25) is 0 Å². The highest BCUT2D eigenvalue weighted by Crippen LogP contribution is 2.33. The largest absolute Gasteiger partial charge is 0.332 e. The van der Waals surface area contributed by atoms with Crippen molar-refractivity contribution < 1.29 is 17.6 Å². The average Bonchev–Trinajstić information content (AvgIpc) is 2.06. The van der Waals surface area contributed by atoms with E-state index in [9.17, 15) is 17.6 Å². The lowest BCUT2D eigenvalue weighted by Crippen LogP contribution is -2.23.